The second-order valence-corrected chi connectivity index (χ2v) is 23.8. The number of ether oxygens (including phenoxy) is 8. The number of aryl methyl sites for hydroxylation is 2. The van der Waals surface area contributed by atoms with Crippen LogP contribution >= 0.6 is 0 Å². The van der Waals surface area contributed by atoms with Crippen LogP contribution in [0.25, 0.3) is 0 Å². The second-order valence-electron chi connectivity index (χ2n) is 23.8. The minimum Gasteiger partial charge on any atom is -1.00 e. The van der Waals surface area contributed by atoms with E-state index < -0.39 is 47.7 Å². The molecule has 4 aromatic rings. The monoisotopic (exact) mass is 1220 g/mol. The number of nitrogens with one attached hydrogen (secondary N) is 3. The fourth-order valence-corrected chi connectivity index (χ4v) is 9.74. The first-order chi connectivity index (χ1) is 41.3. The van der Waals surface area contributed by atoms with Gasteiger partial charge in [-0.2, -0.15) is 0 Å². The molecular weight excluding hydrogens is 1120 g/mol. The van der Waals surface area contributed by atoms with Crippen molar-refractivity contribution in [3.05, 3.63) is 142 Å². The molecule has 0 aliphatic carbocycles. The summed E-state index contributed by atoms with van der Waals surface area (Å²) in [5.41, 5.74) is 10.7. The minimum absolute atomic E-state index is 0. The molecule has 0 aromatic heterocycles. The number of alkyl carbamates (subject to hydrolysis) is 2. The number of hydrogen-bond acceptors (Lipinski definition) is 16. The third-order valence-corrected chi connectivity index (χ3v) is 14.2. The molecule has 22 heteroatoms. The average molecular weight is 1220 g/mol. The van der Waals surface area contributed by atoms with Gasteiger partial charge in [-0.15, -0.1) is 0 Å². The normalized spacial score (nSPS) is 16.1. The molecule has 2 heterocycles. The van der Waals surface area contributed by atoms with Crippen molar-refractivity contribution in [2.75, 3.05) is 94.1 Å². The number of hydrogen-bond donors (Lipinski definition) is 4. The Hall–Kier alpha value is -6.70. The number of benzene rings is 4. The van der Waals surface area contributed by atoms with Gasteiger partial charge in [0, 0.05) is 78.3 Å². The van der Waals surface area contributed by atoms with Crippen molar-refractivity contribution in [1.29, 1.82) is 0 Å². The maximum Gasteiger partial charge on any atom is 0.410 e. The molecule has 2 unspecified atom stereocenters. The maximum atomic E-state index is 13.4. The third-order valence-electron chi connectivity index (χ3n) is 14.2. The molecule has 486 valence electrons. The van der Waals surface area contributed by atoms with Crippen LogP contribution in [0.3, 0.4) is 0 Å². The van der Waals surface area contributed by atoms with E-state index in [1.165, 1.54) is 26.4 Å². The summed E-state index contributed by atoms with van der Waals surface area (Å²) in [6.45, 7) is 19.9. The fraction of sp³-hybridized carbons (Fsp3) is 0.545. The van der Waals surface area contributed by atoms with Crippen LogP contribution in [0.5, 0.6) is 0 Å². The van der Waals surface area contributed by atoms with E-state index in [0.717, 1.165) is 79.7 Å². The summed E-state index contributed by atoms with van der Waals surface area (Å²) in [6, 6.07) is 29.3. The van der Waals surface area contributed by atoms with Gasteiger partial charge in [0.05, 0.1) is 39.4 Å². The van der Waals surface area contributed by atoms with Crippen LogP contribution in [-0.4, -0.2) is 182 Å². The van der Waals surface area contributed by atoms with Crippen molar-refractivity contribution in [2.45, 2.75) is 129 Å². The summed E-state index contributed by atoms with van der Waals surface area (Å²) >= 11 is 0. The molecule has 88 heavy (non-hydrogen) atoms. The summed E-state index contributed by atoms with van der Waals surface area (Å²) in [4.78, 5) is 75.2. The van der Waals surface area contributed by atoms with E-state index in [4.69, 9.17) is 34.2 Å². The zero-order valence-corrected chi connectivity index (χ0v) is 54.1. The molecule has 0 spiro atoms. The summed E-state index contributed by atoms with van der Waals surface area (Å²) in [5, 5.41) is 19.3. The van der Waals surface area contributed by atoms with E-state index in [2.05, 4.69) is 25.4 Å². The minimum atomic E-state index is -1.24. The standard InChI is InChI=1S/C33H47N3O7.C19H21NO5.C14H28N2O3.Li.2H/c1-23-10-7-12-25(18-23)29(42-17-15-34-31(38)40-6)26-13-8-14-27(20-26)30(37)35-21-28(19-24-11-9-16-41-22-24)36(5)32(39)43-33(2,3)4;1-13-5-3-6-14(11-13)17(25-10-9-20-19(23)24-2)15-7-4-8-16(12-15)18(21)22;1-14(2,3)19-13(17)16(4)12(9-15)8-11-6-5-7-18-10-11;;;/h7-8,10,12-14,18,20,24,28-29H,9,11,15-17,19,21-22H2,1-6H3,(H,34,38)(H,35,37);3-8,11-12,17H,9-10H2,1-2H3,(H,20,23)(H,21,22);11-12H,5-10,15H2,1-4H3;;;/q;;;3*-1/p-1/t24-,28+,29?;;11-,12+;;;/m1.1.../s1. The quantitative estimate of drug-likeness (QED) is 0.0307. The van der Waals surface area contributed by atoms with Crippen LogP contribution < -0.4 is 26.8 Å². The average Bonchev–Trinajstić information content (AvgIpc) is 2.27. The summed E-state index contributed by atoms with van der Waals surface area (Å²) in [7, 11) is 6.07. The second kappa shape index (κ2) is 38.6. The first-order valence-corrected chi connectivity index (χ1v) is 29.8. The number of nitrogens with two attached hydrogens (primary N) is 1. The number of likely N-dealkylation sites (N-methyl/N-ethyl adjacent to an activating group) is 2. The van der Waals surface area contributed by atoms with Crippen LogP contribution in [0.1, 0.15) is 149 Å². The van der Waals surface area contributed by atoms with E-state index in [1.54, 1.807) is 42.1 Å². The van der Waals surface area contributed by atoms with Gasteiger partial charge in [-0.1, -0.05) is 90.0 Å². The predicted molar refractivity (Wildman–Crippen MR) is 337 cm³/mol. The molecule has 6 rings (SSSR count). The molecule has 6 atom stereocenters. The van der Waals surface area contributed by atoms with E-state index in [0.29, 0.717) is 42.5 Å². The number of amides is 5. The Kier molecular flexibility index (Phi) is 33.2. The van der Waals surface area contributed by atoms with Gasteiger partial charge in [0.1, 0.15) is 23.4 Å². The third kappa shape index (κ3) is 27.8. The molecule has 5 amide bonds. The van der Waals surface area contributed by atoms with Gasteiger partial charge >= 0.3 is 24.4 Å². The van der Waals surface area contributed by atoms with Crippen LogP contribution in [0, 0.1) is 25.7 Å². The molecule has 4 aromatic carbocycles. The molecule has 2 aliphatic heterocycles. The molecule has 5 N–H and O–H groups in total. The molecular formula is C66H97LiN6O15-4. The number of rotatable bonds is 23. The number of carboxylic acid groups (broad SMARTS) is 1. The fourth-order valence-electron chi connectivity index (χ4n) is 9.74. The predicted octanol–water partition coefficient (Wildman–Crippen LogP) is 8.90. The summed E-state index contributed by atoms with van der Waals surface area (Å²) < 4.78 is 43.4. The molecule has 2 saturated heterocycles. The van der Waals surface area contributed by atoms with E-state index in [9.17, 15) is 33.9 Å². The van der Waals surface area contributed by atoms with Crippen LogP contribution in [0.4, 0.5) is 19.2 Å². The largest absolute Gasteiger partial charge is 1.00 e. The Balaban J connectivity index is 0.000000731. The van der Waals surface area contributed by atoms with Crippen molar-refractivity contribution in [3.8, 4) is 0 Å². The number of carboxylic acids is 1. The van der Waals surface area contributed by atoms with Crippen molar-refractivity contribution >= 4 is 55.1 Å². The van der Waals surface area contributed by atoms with Gasteiger partial charge < -0.3 is 101 Å². The Morgan fingerprint density at radius 2 is 1.01 bits per heavy atom. The SMILES string of the molecule is CN(C(=O)OC(C)(C)C)[C@H](CN)C[C@H]1CCCOC1.COC(=O)NCCOC(c1cccc(C)c1)c1cccc(C(=O)NC[C@H](C[C@H]2CCCOC2)N(C)C(=O)OC(C)(C)C)c1.COC(=O)NCCOC(c1cccc(C)c1)c1cccc(C(=O)[O-])c1.[H-].[H-].[Li-]. The number of carbonyl (C=O) groups excluding carboxylic acids is 6. The topological polar surface area (TPSA) is 268 Å². The number of aromatic carboxylic acids is 1. The van der Waals surface area contributed by atoms with Gasteiger partial charge in [0.15, 0.2) is 0 Å². The maximum absolute atomic E-state index is 13.4. The summed E-state index contributed by atoms with van der Waals surface area (Å²) in [5.74, 6) is -0.700. The van der Waals surface area contributed by atoms with Crippen molar-refractivity contribution in [2.24, 2.45) is 17.6 Å². The molecule has 2 aliphatic rings. The Labute approximate surface area is 535 Å². The zero-order valence-electron chi connectivity index (χ0n) is 56.1. The van der Waals surface area contributed by atoms with Crippen LogP contribution in [0.15, 0.2) is 97.1 Å². The molecule has 21 nitrogen and oxygen atoms in total. The molecule has 0 bridgehead atoms. The van der Waals surface area contributed by atoms with E-state index in [1.807, 2.05) is 122 Å². The van der Waals surface area contributed by atoms with Gasteiger partial charge in [-0.3, -0.25) is 4.79 Å². The van der Waals surface area contributed by atoms with Crippen molar-refractivity contribution in [1.82, 2.24) is 25.8 Å². The van der Waals surface area contributed by atoms with Crippen LogP contribution in [0.2, 0.25) is 0 Å². The molecule has 2 radical (unpaired) electrons. The first kappa shape index (κ1) is 75.5. The Bertz CT molecular complexity index is 2790. The van der Waals surface area contributed by atoms with E-state index >= 15 is 0 Å². The zero-order chi connectivity index (χ0) is 64.1. The smallest absolute Gasteiger partial charge is 0.410 e. The van der Waals surface area contributed by atoms with Gasteiger partial charge in [0.25, 0.3) is 5.91 Å². The van der Waals surface area contributed by atoms with Crippen molar-refractivity contribution in [3.63, 3.8) is 0 Å². The number of nitrogens with zero attached hydrogens (tertiary/aromatic N) is 2. The van der Waals surface area contributed by atoms with E-state index in [-0.39, 0.29) is 84.2 Å². The molecule has 2 fully saturated rings. The van der Waals surface area contributed by atoms with Gasteiger partial charge in [-0.25, -0.2) is 19.2 Å². The summed E-state index contributed by atoms with van der Waals surface area (Å²) in [6.07, 6.45) is 3.12. The molecule has 0 saturated carbocycles. The van der Waals surface area contributed by atoms with Crippen LogP contribution in [-0.2, 0) is 37.9 Å². The Morgan fingerprint density at radius 3 is 1.40 bits per heavy atom. The van der Waals surface area contributed by atoms with Gasteiger partial charge in [-0.05, 0) is 152 Å². The number of methoxy groups -OCH3 is 2. The number of carbonyl (C=O) groups is 6. The van der Waals surface area contributed by atoms with Crippen molar-refractivity contribution < 1.29 is 74.6 Å². The van der Waals surface area contributed by atoms with Gasteiger partial charge in [0.2, 0.25) is 0 Å². The Morgan fingerprint density at radius 1 is 0.614 bits per heavy atom. The first-order valence-electron chi connectivity index (χ1n) is 29.8.